The Balaban J connectivity index is 0.972. The number of benzene rings is 9. The monoisotopic (exact) mass is 759 g/mol. The zero-order chi connectivity index (χ0) is 40.0. The summed E-state index contributed by atoms with van der Waals surface area (Å²) in [7, 11) is 0. The van der Waals surface area contributed by atoms with Crippen molar-refractivity contribution in [1.82, 2.24) is 0 Å². The van der Waals surface area contributed by atoms with E-state index < -0.39 is 0 Å². The molecule has 9 aromatic rings. The summed E-state index contributed by atoms with van der Waals surface area (Å²) in [5.41, 5.74) is 17.2. The van der Waals surface area contributed by atoms with Crippen molar-refractivity contribution < 1.29 is 0 Å². The van der Waals surface area contributed by atoms with Gasteiger partial charge in [0.15, 0.2) is 0 Å². The molecule has 0 amide bonds. The van der Waals surface area contributed by atoms with Gasteiger partial charge in [-0.2, -0.15) is 0 Å². The molecule has 0 aromatic heterocycles. The molecule has 0 spiro atoms. The molecule has 0 bridgehead atoms. The summed E-state index contributed by atoms with van der Waals surface area (Å²) in [6, 6.07) is 84.6. The Bertz CT molecular complexity index is 2730. The minimum atomic E-state index is 1.10. The maximum Gasteiger partial charge on any atom is 0.0464 e. The van der Waals surface area contributed by atoms with Crippen molar-refractivity contribution >= 4 is 51.2 Å². The number of hydrogen-bond acceptors (Lipinski definition) is 3. The van der Waals surface area contributed by atoms with E-state index in [-0.39, 0.29) is 0 Å². The molecule has 9 rings (SSSR count). The van der Waals surface area contributed by atoms with E-state index in [1.165, 1.54) is 33.4 Å². The molecular formula is C56H45N3. The van der Waals surface area contributed by atoms with Crippen molar-refractivity contribution in [3.63, 3.8) is 0 Å². The number of hydrogen-bond donors (Lipinski definition) is 0. The van der Waals surface area contributed by atoms with Crippen LogP contribution in [0, 0.1) is 13.8 Å². The number of anilines is 9. The molecule has 59 heavy (non-hydrogen) atoms. The lowest BCUT2D eigenvalue weighted by molar-refractivity contribution is 1.27. The summed E-state index contributed by atoms with van der Waals surface area (Å²) < 4.78 is 0. The second kappa shape index (κ2) is 16.9. The van der Waals surface area contributed by atoms with Gasteiger partial charge in [-0.3, -0.25) is 0 Å². The summed E-state index contributed by atoms with van der Waals surface area (Å²) in [6.45, 7) is 4.26. The van der Waals surface area contributed by atoms with Crippen molar-refractivity contribution in [2.24, 2.45) is 0 Å². The minimum Gasteiger partial charge on any atom is -0.311 e. The van der Waals surface area contributed by atoms with Crippen LogP contribution in [0.5, 0.6) is 0 Å². The van der Waals surface area contributed by atoms with Gasteiger partial charge in [-0.25, -0.2) is 0 Å². The van der Waals surface area contributed by atoms with Crippen LogP contribution in [-0.4, -0.2) is 0 Å². The molecule has 0 atom stereocenters. The van der Waals surface area contributed by atoms with E-state index in [1.54, 1.807) is 0 Å². The van der Waals surface area contributed by atoms with Crippen LogP contribution in [-0.2, 0) is 0 Å². The van der Waals surface area contributed by atoms with Crippen LogP contribution in [0.25, 0.3) is 22.3 Å². The van der Waals surface area contributed by atoms with Crippen LogP contribution < -0.4 is 14.7 Å². The van der Waals surface area contributed by atoms with E-state index >= 15 is 0 Å². The van der Waals surface area contributed by atoms with E-state index in [2.05, 4.69) is 265 Å². The van der Waals surface area contributed by atoms with Crippen LogP contribution in [0.15, 0.2) is 237 Å². The first-order chi connectivity index (χ1) is 29.1. The van der Waals surface area contributed by atoms with Gasteiger partial charge in [0, 0.05) is 51.2 Å². The van der Waals surface area contributed by atoms with Gasteiger partial charge in [-0.05, 0) is 151 Å². The van der Waals surface area contributed by atoms with Gasteiger partial charge in [-0.1, -0.05) is 133 Å². The minimum absolute atomic E-state index is 1.10. The van der Waals surface area contributed by atoms with Crippen molar-refractivity contribution in [3.05, 3.63) is 248 Å². The fraction of sp³-hybridized carbons (Fsp3) is 0.0357. The molecule has 0 saturated heterocycles. The highest BCUT2D eigenvalue weighted by Crippen LogP contribution is 2.40. The molecule has 284 valence electrons. The Kier molecular flexibility index (Phi) is 10.6. The first-order valence-electron chi connectivity index (χ1n) is 20.2. The molecule has 0 heterocycles. The lowest BCUT2D eigenvalue weighted by atomic mass is 10.0. The fourth-order valence-electron chi connectivity index (χ4n) is 7.75. The van der Waals surface area contributed by atoms with Crippen LogP contribution in [0.2, 0.25) is 0 Å². The average molecular weight is 760 g/mol. The van der Waals surface area contributed by atoms with Gasteiger partial charge in [0.05, 0.1) is 0 Å². The van der Waals surface area contributed by atoms with Crippen LogP contribution in [0.3, 0.4) is 0 Å². The molecule has 0 aliphatic rings. The first kappa shape index (κ1) is 37.0. The molecule has 0 aliphatic heterocycles. The Morgan fingerprint density at radius 1 is 0.203 bits per heavy atom. The summed E-state index contributed by atoms with van der Waals surface area (Å²) >= 11 is 0. The van der Waals surface area contributed by atoms with Crippen molar-refractivity contribution in [3.8, 4) is 22.3 Å². The summed E-state index contributed by atoms with van der Waals surface area (Å²) in [5.74, 6) is 0. The summed E-state index contributed by atoms with van der Waals surface area (Å²) in [4.78, 5) is 6.93. The quantitative estimate of drug-likeness (QED) is 0.130. The first-order valence-corrected chi connectivity index (χ1v) is 20.2. The zero-order valence-corrected chi connectivity index (χ0v) is 33.4. The molecular weight excluding hydrogens is 715 g/mol. The Labute approximate surface area is 348 Å². The van der Waals surface area contributed by atoms with Crippen LogP contribution in [0.4, 0.5) is 51.2 Å². The highest BCUT2D eigenvalue weighted by molar-refractivity contribution is 5.83. The second-order valence-electron chi connectivity index (χ2n) is 14.9. The SMILES string of the molecule is Cc1ccc(N(c2ccccc2)c2ccc(-c3ccc(N(c4ccccc4)c4ccc(-c5ccc(N(c6ccccc6)c6cccc(C)c6)cc5)cc4)cc3)cc2)cc1. The lowest BCUT2D eigenvalue weighted by Gasteiger charge is -2.26. The maximum absolute atomic E-state index is 2.32. The molecule has 0 fully saturated rings. The molecule has 3 nitrogen and oxygen atoms in total. The van der Waals surface area contributed by atoms with Crippen molar-refractivity contribution in [2.45, 2.75) is 13.8 Å². The second-order valence-corrected chi connectivity index (χ2v) is 14.9. The lowest BCUT2D eigenvalue weighted by Crippen LogP contribution is -2.10. The normalized spacial score (nSPS) is 10.9. The Morgan fingerprint density at radius 2 is 0.458 bits per heavy atom. The van der Waals surface area contributed by atoms with Crippen LogP contribution in [0.1, 0.15) is 11.1 Å². The number of nitrogens with zero attached hydrogens (tertiary/aromatic N) is 3. The van der Waals surface area contributed by atoms with Crippen molar-refractivity contribution in [2.75, 3.05) is 14.7 Å². The topological polar surface area (TPSA) is 9.72 Å². The van der Waals surface area contributed by atoms with Gasteiger partial charge in [0.1, 0.15) is 0 Å². The van der Waals surface area contributed by atoms with E-state index in [0.717, 1.165) is 51.2 Å². The van der Waals surface area contributed by atoms with Gasteiger partial charge in [0.2, 0.25) is 0 Å². The molecule has 0 saturated carbocycles. The maximum atomic E-state index is 2.32. The Morgan fingerprint density at radius 3 is 0.763 bits per heavy atom. The smallest absolute Gasteiger partial charge is 0.0464 e. The summed E-state index contributed by atoms with van der Waals surface area (Å²) in [6.07, 6.45) is 0. The summed E-state index contributed by atoms with van der Waals surface area (Å²) in [5, 5.41) is 0. The van der Waals surface area contributed by atoms with Crippen molar-refractivity contribution in [1.29, 1.82) is 0 Å². The average Bonchev–Trinajstić information content (AvgIpc) is 3.30. The highest BCUT2D eigenvalue weighted by Gasteiger charge is 2.16. The van der Waals surface area contributed by atoms with E-state index in [1.807, 2.05) is 0 Å². The standard InChI is InChI=1S/C56H45N3/c1-42-21-31-51(32-22-42)57(48-14-6-3-7-15-48)52-33-23-44(24-34-52)45-25-35-53(36-26-45)58(49-16-8-4-9-17-49)54-37-27-46(28-38-54)47-29-39-55(40-30-47)59(50-18-10-5-11-19-50)56-20-12-13-43(2)41-56/h3-41H,1-2H3. The van der Waals surface area contributed by atoms with E-state index in [9.17, 15) is 0 Å². The highest BCUT2D eigenvalue weighted by atomic mass is 15.2. The molecule has 0 unspecified atom stereocenters. The largest absolute Gasteiger partial charge is 0.311 e. The number of aryl methyl sites for hydroxylation is 2. The molecule has 9 aromatic carbocycles. The van der Waals surface area contributed by atoms with Crippen LogP contribution >= 0.6 is 0 Å². The third-order valence-corrected chi connectivity index (χ3v) is 10.8. The number of para-hydroxylation sites is 3. The van der Waals surface area contributed by atoms with Gasteiger partial charge in [-0.15, -0.1) is 0 Å². The van der Waals surface area contributed by atoms with Gasteiger partial charge >= 0.3 is 0 Å². The van der Waals surface area contributed by atoms with Gasteiger partial charge in [0.25, 0.3) is 0 Å². The Hall–Kier alpha value is -7.62. The zero-order valence-electron chi connectivity index (χ0n) is 33.4. The van der Waals surface area contributed by atoms with E-state index in [4.69, 9.17) is 0 Å². The fourth-order valence-corrected chi connectivity index (χ4v) is 7.75. The molecule has 3 heteroatoms. The number of rotatable bonds is 11. The predicted molar refractivity (Wildman–Crippen MR) is 251 cm³/mol. The van der Waals surface area contributed by atoms with Gasteiger partial charge < -0.3 is 14.7 Å². The molecule has 0 radical (unpaired) electrons. The third-order valence-electron chi connectivity index (χ3n) is 10.8. The van der Waals surface area contributed by atoms with E-state index in [0.29, 0.717) is 0 Å². The third kappa shape index (κ3) is 8.14. The molecule has 0 N–H and O–H groups in total. The molecule has 0 aliphatic carbocycles. The predicted octanol–water partition coefficient (Wildman–Crippen LogP) is 16.0.